The molecule has 1 aliphatic rings. The molecule has 0 aromatic carbocycles. The van der Waals surface area contributed by atoms with Crippen molar-refractivity contribution in [2.45, 2.75) is 72.8 Å². The fraction of sp³-hybridized carbons (Fsp3) is 0.875. The number of rotatable bonds is 5. The topological polar surface area (TPSA) is 52.6 Å². The van der Waals surface area contributed by atoms with Crippen molar-refractivity contribution in [2.24, 2.45) is 11.8 Å². The SMILES string of the molecule is CC1CCOC1=O.CCC(CC)(CC)OC(=O)C(C)C. The van der Waals surface area contributed by atoms with Crippen LogP contribution in [0.4, 0.5) is 0 Å². The molecule has 20 heavy (non-hydrogen) atoms. The minimum Gasteiger partial charge on any atom is -0.465 e. The molecule has 0 saturated carbocycles. The van der Waals surface area contributed by atoms with Crippen LogP contribution >= 0.6 is 0 Å². The Bertz CT molecular complexity index is 297. The summed E-state index contributed by atoms with van der Waals surface area (Å²) in [5.74, 6) is 0.00887. The Hall–Kier alpha value is -1.06. The summed E-state index contributed by atoms with van der Waals surface area (Å²) in [6.45, 7) is 12.5. The Kier molecular flexibility index (Phi) is 8.51. The zero-order valence-electron chi connectivity index (χ0n) is 13.8. The van der Waals surface area contributed by atoms with Gasteiger partial charge in [0.2, 0.25) is 0 Å². The molecule has 1 heterocycles. The summed E-state index contributed by atoms with van der Waals surface area (Å²) in [6, 6.07) is 0. The van der Waals surface area contributed by atoms with Crippen LogP contribution in [0, 0.1) is 11.8 Å². The van der Waals surface area contributed by atoms with Gasteiger partial charge in [0.1, 0.15) is 5.60 Å². The molecule has 4 heteroatoms. The van der Waals surface area contributed by atoms with Crippen LogP contribution in [0.25, 0.3) is 0 Å². The molecule has 0 spiro atoms. The van der Waals surface area contributed by atoms with Crippen molar-refractivity contribution in [3.8, 4) is 0 Å². The van der Waals surface area contributed by atoms with Crippen LogP contribution in [0.1, 0.15) is 67.2 Å². The maximum atomic E-state index is 11.4. The molecular formula is C16H30O4. The third-order valence-electron chi connectivity index (χ3n) is 3.92. The standard InChI is InChI=1S/C11H22O2.C5H8O2/c1-6-11(7-2,8-3)13-10(12)9(4)5;1-4-2-3-7-5(4)6/h9H,6-8H2,1-5H3;4H,2-3H2,1H3. The molecule has 1 atom stereocenters. The van der Waals surface area contributed by atoms with Gasteiger partial charge in [-0.15, -0.1) is 0 Å². The fourth-order valence-corrected chi connectivity index (χ4v) is 1.89. The van der Waals surface area contributed by atoms with E-state index in [0.717, 1.165) is 25.7 Å². The molecule has 0 N–H and O–H groups in total. The number of carbonyl (C=O) groups excluding carboxylic acids is 2. The zero-order valence-corrected chi connectivity index (χ0v) is 13.8. The first-order valence-corrected chi connectivity index (χ1v) is 7.71. The van der Waals surface area contributed by atoms with Crippen LogP contribution in [0.15, 0.2) is 0 Å². The molecule has 1 aliphatic heterocycles. The Morgan fingerprint density at radius 3 is 2.00 bits per heavy atom. The van der Waals surface area contributed by atoms with Crippen LogP contribution < -0.4 is 0 Å². The largest absolute Gasteiger partial charge is 0.465 e. The van der Waals surface area contributed by atoms with Crippen molar-refractivity contribution < 1.29 is 19.1 Å². The molecule has 1 saturated heterocycles. The number of esters is 2. The summed E-state index contributed by atoms with van der Waals surface area (Å²) in [6.07, 6.45) is 3.61. The van der Waals surface area contributed by atoms with E-state index in [2.05, 4.69) is 25.5 Å². The normalized spacial score (nSPS) is 18.4. The first-order valence-electron chi connectivity index (χ1n) is 7.71. The van der Waals surface area contributed by atoms with Crippen molar-refractivity contribution >= 4 is 11.9 Å². The lowest BCUT2D eigenvalue weighted by molar-refractivity contribution is -0.165. The van der Waals surface area contributed by atoms with Crippen LogP contribution in [0.3, 0.4) is 0 Å². The molecule has 0 aromatic rings. The van der Waals surface area contributed by atoms with Crippen molar-refractivity contribution in [3.05, 3.63) is 0 Å². The number of cyclic esters (lactones) is 1. The van der Waals surface area contributed by atoms with Crippen LogP contribution in [0.2, 0.25) is 0 Å². The van der Waals surface area contributed by atoms with E-state index in [1.807, 2.05) is 20.8 Å². The second kappa shape index (κ2) is 8.98. The highest BCUT2D eigenvalue weighted by Crippen LogP contribution is 2.25. The molecule has 0 radical (unpaired) electrons. The molecule has 1 rings (SSSR count). The second-order valence-corrected chi connectivity index (χ2v) is 5.68. The number of hydrogen-bond donors (Lipinski definition) is 0. The lowest BCUT2D eigenvalue weighted by Gasteiger charge is -2.31. The van der Waals surface area contributed by atoms with E-state index in [-0.39, 0.29) is 29.4 Å². The number of hydrogen-bond acceptors (Lipinski definition) is 4. The average Bonchev–Trinajstić information content (AvgIpc) is 2.80. The molecule has 0 aliphatic carbocycles. The van der Waals surface area contributed by atoms with Gasteiger partial charge in [0.15, 0.2) is 0 Å². The van der Waals surface area contributed by atoms with E-state index in [0.29, 0.717) is 6.61 Å². The van der Waals surface area contributed by atoms with Crippen molar-refractivity contribution in [2.75, 3.05) is 6.61 Å². The van der Waals surface area contributed by atoms with E-state index in [4.69, 9.17) is 4.74 Å². The van der Waals surface area contributed by atoms with Gasteiger partial charge in [-0.25, -0.2) is 0 Å². The third-order valence-corrected chi connectivity index (χ3v) is 3.92. The highest BCUT2D eigenvalue weighted by atomic mass is 16.6. The maximum Gasteiger partial charge on any atom is 0.308 e. The average molecular weight is 286 g/mol. The summed E-state index contributed by atoms with van der Waals surface area (Å²) in [5, 5.41) is 0. The predicted octanol–water partition coefficient (Wildman–Crippen LogP) is 3.72. The molecule has 0 amide bonds. The molecule has 118 valence electrons. The Morgan fingerprint density at radius 2 is 1.80 bits per heavy atom. The van der Waals surface area contributed by atoms with E-state index in [1.54, 1.807) is 0 Å². The smallest absolute Gasteiger partial charge is 0.308 e. The van der Waals surface area contributed by atoms with Crippen LogP contribution in [0.5, 0.6) is 0 Å². The minimum atomic E-state index is -0.221. The third kappa shape index (κ3) is 5.93. The lowest BCUT2D eigenvalue weighted by atomic mass is 9.94. The van der Waals surface area contributed by atoms with Crippen molar-refractivity contribution in [1.29, 1.82) is 0 Å². The van der Waals surface area contributed by atoms with Crippen molar-refractivity contribution in [3.63, 3.8) is 0 Å². The Morgan fingerprint density at radius 1 is 1.30 bits per heavy atom. The molecule has 0 aromatic heterocycles. The summed E-state index contributed by atoms with van der Waals surface area (Å²) < 4.78 is 10.1. The van der Waals surface area contributed by atoms with Gasteiger partial charge in [-0.2, -0.15) is 0 Å². The van der Waals surface area contributed by atoms with E-state index in [1.165, 1.54) is 0 Å². The Labute approximate surface area is 123 Å². The van der Waals surface area contributed by atoms with Gasteiger partial charge in [-0.3, -0.25) is 9.59 Å². The molecule has 4 nitrogen and oxygen atoms in total. The lowest BCUT2D eigenvalue weighted by Crippen LogP contribution is -2.34. The molecular weight excluding hydrogens is 256 g/mol. The Balaban J connectivity index is 0.000000428. The van der Waals surface area contributed by atoms with Gasteiger partial charge in [0.25, 0.3) is 0 Å². The van der Waals surface area contributed by atoms with E-state index >= 15 is 0 Å². The van der Waals surface area contributed by atoms with E-state index in [9.17, 15) is 9.59 Å². The number of carbonyl (C=O) groups is 2. The maximum absolute atomic E-state index is 11.4. The first kappa shape index (κ1) is 18.9. The quantitative estimate of drug-likeness (QED) is 0.723. The van der Waals surface area contributed by atoms with E-state index < -0.39 is 0 Å². The monoisotopic (exact) mass is 286 g/mol. The minimum absolute atomic E-state index is 0.0241. The molecule has 1 unspecified atom stereocenters. The number of ether oxygens (including phenoxy) is 2. The summed E-state index contributed by atoms with van der Waals surface area (Å²) in [4.78, 5) is 21.8. The molecule has 1 fully saturated rings. The molecule has 0 bridgehead atoms. The van der Waals surface area contributed by atoms with Gasteiger partial charge >= 0.3 is 11.9 Å². The summed E-state index contributed by atoms with van der Waals surface area (Å²) >= 11 is 0. The summed E-state index contributed by atoms with van der Waals surface area (Å²) in [5.41, 5.74) is -0.221. The van der Waals surface area contributed by atoms with Crippen LogP contribution in [-0.2, 0) is 19.1 Å². The van der Waals surface area contributed by atoms with Gasteiger partial charge in [0, 0.05) is 0 Å². The highest BCUT2D eigenvalue weighted by Gasteiger charge is 2.29. The van der Waals surface area contributed by atoms with Gasteiger partial charge < -0.3 is 9.47 Å². The van der Waals surface area contributed by atoms with Gasteiger partial charge in [-0.05, 0) is 25.7 Å². The van der Waals surface area contributed by atoms with Crippen LogP contribution in [-0.4, -0.2) is 24.1 Å². The van der Waals surface area contributed by atoms with Crippen molar-refractivity contribution in [1.82, 2.24) is 0 Å². The predicted molar refractivity (Wildman–Crippen MR) is 79.3 cm³/mol. The van der Waals surface area contributed by atoms with Gasteiger partial charge in [0.05, 0.1) is 18.4 Å². The zero-order chi connectivity index (χ0) is 15.8. The van der Waals surface area contributed by atoms with Gasteiger partial charge in [-0.1, -0.05) is 41.5 Å². The second-order valence-electron chi connectivity index (χ2n) is 5.68. The summed E-state index contributed by atoms with van der Waals surface area (Å²) in [7, 11) is 0. The fourth-order valence-electron chi connectivity index (χ4n) is 1.89. The first-order chi connectivity index (χ1) is 9.31. The highest BCUT2D eigenvalue weighted by molar-refractivity contribution is 5.73.